The highest BCUT2D eigenvalue weighted by Crippen LogP contribution is 2.22. The number of ether oxygens (including phenoxy) is 1. The molecule has 1 aliphatic rings. The lowest BCUT2D eigenvalue weighted by molar-refractivity contribution is -0.145. The fraction of sp³-hybridized carbons (Fsp3) is 0.556. The first-order valence-electron chi connectivity index (χ1n) is 8.49. The molecule has 0 bridgehead atoms. The normalized spacial score (nSPS) is 17.4. The summed E-state index contributed by atoms with van der Waals surface area (Å²) in [5, 5.41) is 11.9. The highest BCUT2D eigenvalue weighted by Gasteiger charge is 2.24. The second kappa shape index (κ2) is 9.25. The van der Waals surface area contributed by atoms with Crippen LogP contribution in [-0.4, -0.2) is 29.6 Å². The van der Waals surface area contributed by atoms with Crippen LogP contribution in [0.4, 0.5) is 4.39 Å². The number of carboxylic acid groups (broad SMARTS) is 1. The highest BCUT2D eigenvalue weighted by atomic mass is 19.1. The number of amides is 1. The smallest absolute Gasteiger partial charge is 0.346 e. The van der Waals surface area contributed by atoms with E-state index in [9.17, 15) is 19.1 Å². The molecule has 1 aromatic carbocycles. The number of nitrogens with one attached hydrogen (secondary N) is 1. The van der Waals surface area contributed by atoms with E-state index in [2.05, 4.69) is 5.32 Å². The summed E-state index contributed by atoms with van der Waals surface area (Å²) in [6.45, 7) is -0.109. The number of carbonyl (C=O) groups excluding carboxylic acids is 1. The lowest BCUT2D eigenvalue weighted by Crippen LogP contribution is -2.42. The first kappa shape index (κ1) is 18.2. The van der Waals surface area contributed by atoms with E-state index in [1.54, 1.807) is 0 Å². The van der Waals surface area contributed by atoms with E-state index in [1.165, 1.54) is 30.7 Å². The van der Waals surface area contributed by atoms with Crippen molar-refractivity contribution in [3.8, 4) is 5.75 Å². The van der Waals surface area contributed by atoms with Crippen LogP contribution in [0.15, 0.2) is 24.3 Å². The van der Waals surface area contributed by atoms with Crippen molar-refractivity contribution in [1.82, 2.24) is 5.32 Å². The summed E-state index contributed by atoms with van der Waals surface area (Å²) >= 11 is 0. The van der Waals surface area contributed by atoms with E-state index in [0.29, 0.717) is 0 Å². The summed E-state index contributed by atoms with van der Waals surface area (Å²) in [6, 6.07) is 5.12. The Labute approximate surface area is 141 Å². The van der Waals surface area contributed by atoms with Crippen LogP contribution >= 0.6 is 0 Å². The largest absolute Gasteiger partial charge is 0.478 e. The van der Waals surface area contributed by atoms with Crippen LogP contribution in [-0.2, 0) is 9.59 Å². The van der Waals surface area contributed by atoms with Crippen LogP contribution in [0, 0.1) is 11.7 Å². The van der Waals surface area contributed by atoms with Gasteiger partial charge in [-0.2, -0.15) is 0 Å². The van der Waals surface area contributed by atoms with Gasteiger partial charge in [-0.05, 0) is 37.1 Å². The van der Waals surface area contributed by atoms with Crippen LogP contribution in [0.3, 0.4) is 0 Å². The predicted molar refractivity (Wildman–Crippen MR) is 87.3 cm³/mol. The molecule has 2 rings (SSSR count). The van der Waals surface area contributed by atoms with Crippen LogP contribution < -0.4 is 10.1 Å². The minimum Gasteiger partial charge on any atom is -0.478 e. The van der Waals surface area contributed by atoms with E-state index in [4.69, 9.17) is 4.74 Å². The maximum absolute atomic E-state index is 12.9. The second-order valence-corrected chi connectivity index (χ2v) is 6.19. The molecule has 24 heavy (non-hydrogen) atoms. The zero-order chi connectivity index (χ0) is 17.4. The van der Waals surface area contributed by atoms with Gasteiger partial charge in [0.1, 0.15) is 11.6 Å². The van der Waals surface area contributed by atoms with Crippen LogP contribution in [0.5, 0.6) is 5.75 Å². The number of carbonyl (C=O) groups is 2. The maximum atomic E-state index is 12.9. The van der Waals surface area contributed by atoms with Gasteiger partial charge in [-0.15, -0.1) is 0 Å². The number of aliphatic carboxylic acids is 1. The Morgan fingerprint density at radius 3 is 2.29 bits per heavy atom. The van der Waals surface area contributed by atoms with Gasteiger partial charge in [-0.25, -0.2) is 9.18 Å². The van der Waals surface area contributed by atoms with E-state index in [0.717, 1.165) is 38.5 Å². The van der Waals surface area contributed by atoms with Crippen LogP contribution in [0.2, 0.25) is 0 Å². The molecule has 0 saturated heterocycles. The molecule has 1 atom stereocenters. The highest BCUT2D eigenvalue weighted by molar-refractivity contribution is 5.80. The average Bonchev–Trinajstić information content (AvgIpc) is 2.52. The van der Waals surface area contributed by atoms with Gasteiger partial charge in [0.25, 0.3) is 0 Å². The standard InChI is InChI=1S/C18H24FNO4/c19-14-8-10-15(11-9-14)24-16(18(22)23)12-20-17(21)13-6-4-2-1-3-5-7-13/h8-11,13,16H,1-7,12H2,(H,20,21)(H,22,23). The van der Waals surface area contributed by atoms with Crippen molar-refractivity contribution in [2.45, 2.75) is 51.0 Å². The summed E-state index contributed by atoms with van der Waals surface area (Å²) in [6.07, 6.45) is 6.09. The monoisotopic (exact) mass is 337 g/mol. The van der Waals surface area contributed by atoms with E-state index in [-0.39, 0.29) is 24.1 Å². The quantitative estimate of drug-likeness (QED) is 0.836. The SMILES string of the molecule is O=C(NCC(Oc1ccc(F)cc1)C(=O)O)C1CCCCCCC1. The number of hydrogen-bond acceptors (Lipinski definition) is 3. The summed E-state index contributed by atoms with van der Waals surface area (Å²) < 4.78 is 18.2. The van der Waals surface area contributed by atoms with Crippen molar-refractivity contribution in [3.63, 3.8) is 0 Å². The van der Waals surface area contributed by atoms with Crippen molar-refractivity contribution in [2.24, 2.45) is 5.92 Å². The zero-order valence-corrected chi connectivity index (χ0v) is 13.7. The molecule has 132 valence electrons. The van der Waals surface area contributed by atoms with Gasteiger partial charge >= 0.3 is 5.97 Å². The molecule has 1 amide bonds. The zero-order valence-electron chi connectivity index (χ0n) is 13.7. The predicted octanol–water partition coefficient (Wildman–Crippen LogP) is 3.13. The fourth-order valence-electron chi connectivity index (χ4n) is 2.91. The average molecular weight is 337 g/mol. The molecule has 1 saturated carbocycles. The molecule has 1 fully saturated rings. The Bertz CT molecular complexity index is 538. The van der Waals surface area contributed by atoms with Gasteiger partial charge in [0, 0.05) is 5.92 Å². The first-order chi connectivity index (χ1) is 11.6. The molecule has 0 spiro atoms. The van der Waals surface area contributed by atoms with E-state index < -0.39 is 17.9 Å². The Morgan fingerprint density at radius 1 is 1.12 bits per heavy atom. The number of rotatable bonds is 6. The van der Waals surface area contributed by atoms with Crippen LogP contribution in [0.1, 0.15) is 44.9 Å². The van der Waals surface area contributed by atoms with Crippen molar-refractivity contribution in [3.05, 3.63) is 30.1 Å². The first-order valence-corrected chi connectivity index (χ1v) is 8.49. The van der Waals surface area contributed by atoms with Crippen molar-refractivity contribution < 1.29 is 23.8 Å². The van der Waals surface area contributed by atoms with Crippen molar-refractivity contribution in [1.29, 1.82) is 0 Å². The number of hydrogen-bond donors (Lipinski definition) is 2. The summed E-state index contributed by atoms with van der Waals surface area (Å²) in [7, 11) is 0. The lowest BCUT2D eigenvalue weighted by atomic mass is 9.90. The topological polar surface area (TPSA) is 75.6 Å². The number of halogens is 1. The third-order valence-corrected chi connectivity index (χ3v) is 4.31. The Balaban J connectivity index is 1.86. The summed E-state index contributed by atoms with van der Waals surface area (Å²) in [5.41, 5.74) is 0. The van der Waals surface area contributed by atoms with E-state index >= 15 is 0 Å². The molecule has 1 aromatic rings. The minimum atomic E-state index is -1.20. The third kappa shape index (κ3) is 5.83. The van der Waals surface area contributed by atoms with Gasteiger partial charge in [0.2, 0.25) is 12.0 Å². The summed E-state index contributed by atoms with van der Waals surface area (Å²) in [5.74, 6) is -1.50. The Morgan fingerprint density at radius 2 is 1.71 bits per heavy atom. The molecular formula is C18H24FNO4. The Hall–Kier alpha value is -2.11. The third-order valence-electron chi connectivity index (χ3n) is 4.31. The number of carboxylic acids is 1. The fourth-order valence-corrected chi connectivity index (χ4v) is 2.91. The summed E-state index contributed by atoms with van der Waals surface area (Å²) in [4.78, 5) is 23.6. The molecule has 1 aliphatic carbocycles. The second-order valence-electron chi connectivity index (χ2n) is 6.19. The van der Waals surface area contributed by atoms with Gasteiger partial charge in [0.05, 0.1) is 6.54 Å². The molecular weight excluding hydrogens is 313 g/mol. The van der Waals surface area contributed by atoms with E-state index in [1.807, 2.05) is 0 Å². The van der Waals surface area contributed by atoms with Crippen molar-refractivity contribution >= 4 is 11.9 Å². The molecule has 0 aromatic heterocycles. The Kier molecular flexibility index (Phi) is 7.03. The number of benzene rings is 1. The van der Waals surface area contributed by atoms with Crippen LogP contribution in [0.25, 0.3) is 0 Å². The maximum Gasteiger partial charge on any atom is 0.346 e. The van der Waals surface area contributed by atoms with Gasteiger partial charge in [-0.1, -0.05) is 32.1 Å². The van der Waals surface area contributed by atoms with Gasteiger partial charge in [-0.3, -0.25) is 4.79 Å². The molecule has 0 aliphatic heterocycles. The molecule has 2 N–H and O–H groups in total. The van der Waals surface area contributed by atoms with Gasteiger partial charge in [0.15, 0.2) is 0 Å². The van der Waals surface area contributed by atoms with Gasteiger partial charge < -0.3 is 15.2 Å². The lowest BCUT2D eigenvalue weighted by Gasteiger charge is -2.21. The van der Waals surface area contributed by atoms with Crippen molar-refractivity contribution in [2.75, 3.05) is 6.54 Å². The minimum absolute atomic E-state index is 0.0504. The molecule has 0 heterocycles. The molecule has 1 unspecified atom stereocenters. The molecule has 5 nitrogen and oxygen atoms in total. The molecule has 6 heteroatoms. The molecule has 0 radical (unpaired) electrons.